The van der Waals surface area contributed by atoms with Crippen LogP contribution in [0.15, 0.2) is 0 Å². The van der Waals surface area contributed by atoms with Crippen LogP contribution in [-0.2, 0) is 10.2 Å². The number of hydrogen-bond acceptors (Lipinski definition) is 6. The molecule has 1 fully saturated rings. The van der Waals surface area contributed by atoms with E-state index < -0.39 is 0 Å². The number of aromatic nitrogens is 2. The molecule has 21 heavy (non-hydrogen) atoms. The number of carbonyl (C=O) groups excluding carboxylic acids is 1. The van der Waals surface area contributed by atoms with Crippen molar-refractivity contribution >= 4 is 17.5 Å². The molecule has 1 atom stereocenters. The van der Waals surface area contributed by atoms with Gasteiger partial charge in [0.25, 0.3) is 0 Å². The Morgan fingerprint density at radius 1 is 1.29 bits per heavy atom. The molecule has 5 N–H and O–H groups in total. The Morgan fingerprint density at radius 2 is 1.95 bits per heavy atom. The molecule has 0 aromatic carbocycles. The maximum atomic E-state index is 11.2. The molecular weight excluding hydrogens is 268 g/mol. The van der Waals surface area contributed by atoms with Crippen LogP contribution in [-0.4, -0.2) is 28.5 Å². The van der Waals surface area contributed by atoms with Gasteiger partial charge in [0.2, 0.25) is 5.91 Å². The monoisotopic (exact) mass is 292 g/mol. The topological polar surface area (TPSA) is 105 Å². The van der Waals surface area contributed by atoms with Gasteiger partial charge in [-0.2, -0.15) is 0 Å². The molecule has 1 unspecified atom stereocenters. The third-order valence-electron chi connectivity index (χ3n) is 3.56. The fraction of sp³-hybridized carbons (Fsp3) is 0.643. The van der Waals surface area contributed by atoms with Crippen LogP contribution in [0.3, 0.4) is 0 Å². The van der Waals surface area contributed by atoms with Gasteiger partial charge < -0.3 is 16.1 Å². The Balaban J connectivity index is 2.27. The maximum Gasteiger partial charge on any atom is 0.220 e. The number of anilines is 2. The van der Waals surface area contributed by atoms with Crippen LogP contribution in [0.25, 0.3) is 0 Å². The van der Waals surface area contributed by atoms with Gasteiger partial charge >= 0.3 is 0 Å². The van der Waals surface area contributed by atoms with Gasteiger partial charge in [0.1, 0.15) is 17.5 Å². The minimum atomic E-state index is -0.170. The van der Waals surface area contributed by atoms with Crippen molar-refractivity contribution < 1.29 is 4.79 Å². The molecule has 0 spiro atoms. The van der Waals surface area contributed by atoms with E-state index in [1.54, 1.807) is 0 Å². The van der Waals surface area contributed by atoms with Crippen molar-refractivity contribution in [3.63, 3.8) is 0 Å². The summed E-state index contributed by atoms with van der Waals surface area (Å²) in [5, 5.41) is 6.26. The molecule has 116 valence electrons. The highest BCUT2D eigenvalue weighted by molar-refractivity contribution is 5.77. The first-order valence-electron chi connectivity index (χ1n) is 7.20. The molecule has 7 nitrogen and oxygen atoms in total. The highest BCUT2D eigenvalue weighted by atomic mass is 16.1. The summed E-state index contributed by atoms with van der Waals surface area (Å²) in [6, 6.07) is 0.176. The lowest BCUT2D eigenvalue weighted by Gasteiger charge is -2.26. The molecule has 7 heteroatoms. The fourth-order valence-corrected chi connectivity index (χ4v) is 2.18. The van der Waals surface area contributed by atoms with Crippen LogP contribution in [0.4, 0.5) is 11.6 Å². The molecule has 2 rings (SSSR count). The lowest BCUT2D eigenvalue weighted by Crippen LogP contribution is -2.42. The highest BCUT2D eigenvalue weighted by Crippen LogP contribution is 2.26. The number of hydrazine groups is 1. The molecule has 1 aliphatic rings. The first-order valence-corrected chi connectivity index (χ1v) is 7.20. The number of rotatable bonds is 3. The third kappa shape index (κ3) is 3.60. The molecule has 0 bridgehead atoms. The van der Waals surface area contributed by atoms with Crippen LogP contribution in [0.5, 0.6) is 0 Å². The molecular formula is C14H24N6O. The summed E-state index contributed by atoms with van der Waals surface area (Å²) < 4.78 is 0. The lowest BCUT2D eigenvalue weighted by atomic mass is 9.95. The second-order valence-corrected chi connectivity index (χ2v) is 6.45. The van der Waals surface area contributed by atoms with E-state index >= 15 is 0 Å². The van der Waals surface area contributed by atoms with Gasteiger partial charge in [0, 0.05) is 30.0 Å². The Kier molecular flexibility index (Phi) is 4.32. The number of carbonyl (C=O) groups is 1. The van der Waals surface area contributed by atoms with E-state index in [-0.39, 0.29) is 17.4 Å². The summed E-state index contributed by atoms with van der Waals surface area (Å²) in [5.41, 5.74) is 3.34. The van der Waals surface area contributed by atoms with E-state index in [9.17, 15) is 4.79 Å². The van der Waals surface area contributed by atoms with E-state index in [1.807, 2.05) is 6.92 Å². The van der Waals surface area contributed by atoms with Gasteiger partial charge in [-0.3, -0.25) is 4.79 Å². The van der Waals surface area contributed by atoms with E-state index in [0.29, 0.717) is 18.8 Å². The van der Waals surface area contributed by atoms with E-state index in [0.717, 1.165) is 23.6 Å². The molecule has 1 aromatic heterocycles. The van der Waals surface area contributed by atoms with Gasteiger partial charge in [0.15, 0.2) is 0 Å². The van der Waals surface area contributed by atoms with Gasteiger partial charge in [0.05, 0.1) is 0 Å². The first-order chi connectivity index (χ1) is 9.81. The first kappa shape index (κ1) is 15.5. The van der Waals surface area contributed by atoms with Crippen molar-refractivity contribution in [3.8, 4) is 0 Å². The van der Waals surface area contributed by atoms with Crippen LogP contribution < -0.4 is 21.9 Å². The third-order valence-corrected chi connectivity index (χ3v) is 3.56. The largest absolute Gasteiger partial charge is 0.365 e. The Morgan fingerprint density at radius 3 is 2.48 bits per heavy atom. The van der Waals surface area contributed by atoms with Crippen LogP contribution in [0.2, 0.25) is 0 Å². The average molecular weight is 292 g/mol. The number of piperidine rings is 1. The van der Waals surface area contributed by atoms with Crippen molar-refractivity contribution in [1.29, 1.82) is 0 Å². The number of nitrogens with one attached hydrogen (secondary N) is 3. The molecule has 2 heterocycles. The Labute approximate surface area is 125 Å². The molecule has 1 aliphatic heterocycles. The smallest absolute Gasteiger partial charge is 0.220 e. The average Bonchev–Trinajstić information content (AvgIpc) is 2.42. The summed E-state index contributed by atoms with van der Waals surface area (Å²) in [4.78, 5) is 20.3. The summed E-state index contributed by atoms with van der Waals surface area (Å²) in [6.45, 7) is 8.71. The normalized spacial score (nSPS) is 19.1. The van der Waals surface area contributed by atoms with Gasteiger partial charge in [-0.25, -0.2) is 15.8 Å². The quantitative estimate of drug-likeness (QED) is 0.490. The van der Waals surface area contributed by atoms with E-state index in [2.05, 4.69) is 46.8 Å². The second kappa shape index (κ2) is 5.85. The maximum absolute atomic E-state index is 11.2. The van der Waals surface area contributed by atoms with Crippen molar-refractivity contribution in [3.05, 3.63) is 11.4 Å². The second-order valence-electron chi connectivity index (χ2n) is 6.45. The van der Waals surface area contributed by atoms with Crippen molar-refractivity contribution in [1.82, 2.24) is 15.3 Å². The number of nitrogen functional groups attached to an aromatic ring is 1. The van der Waals surface area contributed by atoms with Crippen molar-refractivity contribution in [2.45, 2.75) is 52.0 Å². The van der Waals surface area contributed by atoms with Crippen LogP contribution >= 0.6 is 0 Å². The van der Waals surface area contributed by atoms with Crippen LogP contribution in [0, 0.1) is 6.92 Å². The molecule has 1 aromatic rings. The van der Waals surface area contributed by atoms with Gasteiger partial charge in [-0.15, -0.1) is 0 Å². The van der Waals surface area contributed by atoms with Crippen molar-refractivity contribution in [2.24, 2.45) is 5.84 Å². The van der Waals surface area contributed by atoms with Crippen molar-refractivity contribution in [2.75, 3.05) is 17.3 Å². The fourth-order valence-electron chi connectivity index (χ4n) is 2.18. The molecule has 1 amide bonds. The molecule has 0 saturated carbocycles. The zero-order valence-corrected chi connectivity index (χ0v) is 13.1. The predicted molar refractivity (Wildman–Crippen MR) is 82.9 cm³/mol. The minimum absolute atomic E-state index is 0.104. The van der Waals surface area contributed by atoms with Gasteiger partial charge in [-0.05, 0) is 13.3 Å². The molecule has 0 aliphatic carbocycles. The number of nitrogens with zero attached hydrogens (tertiary/aromatic N) is 2. The lowest BCUT2D eigenvalue weighted by molar-refractivity contribution is -0.122. The number of nitrogens with two attached hydrogens (primary N) is 1. The summed E-state index contributed by atoms with van der Waals surface area (Å²) in [5.74, 6) is 7.78. The molecule has 0 radical (unpaired) electrons. The molecule has 1 saturated heterocycles. The standard InChI is InChI=1S/C14H24N6O/c1-8-11(17-9-5-6-10(21)16-7-9)18-13(14(2,3)4)19-12(8)20-15/h9H,5-7,15H2,1-4H3,(H,16,21)(H2,17,18,19,20). The van der Waals surface area contributed by atoms with Crippen LogP contribution in [0.1, 0.15) is 45.0 Å². The van der Waals surface area contributed by atoms with E-state index in [1.165, 1.54) is 0 Å². The number of hydrogen-bond donors (Lipinski definition) is 4. The number of amides is 1. The summed E-state index contributed by atoms with van der Waals surface area (Å²) in [7, 11) is 0. The SMILES string of the molecule is Cc1c(NN)nc(C(C)(C)C)nc1NC1CCC(=O)NC1. The Bertz CT molecular complexity index is 527. The highest BCUT2D eigenvalue weighted by Gasteiger charge is 2.23. The Hall–Kier alpha value is -1.89. The summed E-state index contributed by atoms with van der Waals surface area (Å²) >= 11 is 0. The summed E-state index contributed by atoms with van der Waals surface area (Å²) in [6.07, 6.45) is 1.33. The zero-order valence-electron chi connectivity index (χ0n) is 13.1. The van der Waals surface area contributed by atoms with Gasteiger partial charge in [-0.1, -0.05) is 20.8 Å². The minimum Gasteiger partial charge on any atom is -0.365 e. The zero-order chi connectivity index (χ0) is 15.6. The predicted octanol–water partition coefficient (Wildman–Crippen LogP) is 1.06. The van der Waals surface area contributed by atoms with E-state index in [4.69, 9.17) is 5.84 Å².